The number of aryl methyl sites for hydroxylation is 2. The zero-order chi connectivity index (χ0) is 21.8. The number of carbonyl (C=O) groups is 1. The summed E-state index contributed by atoms with van der Waals surface area (Å²) >= 11 is 2.78. The molecule has 31 heavy (non-hydrogen) atoms. The van der Waals surface area contributed by atoms with Crippen LogP contribution in [0.1, 0.15) is 30.2 Å². The van der Waals surface area contributed by atoms with Gasteiger partial charge in [-0.15, -0.1) is 11.3 Å². The van der Waals surface area contributed by atoms with Crippen LogP contribution in [0.2, 0.25) is 0 Å². The van der Waals surface area contributed by atoms with Gasteiger partial charge < -0.3 is 10.1 Å². The van der Waals surface area contributed by atoms with Crippen molar-refractivity contribution in [1.82, 2.24) is 14.9 Å². The van der Waals surface area contributed by atoms with Crippen LogP contribution in [-0.2, 0) is 17.6 Å². The Morgan fingerprint density at radius 2 is 2.10 bits per heavy atom. The van der Waals surface area contributed by atoms with Crippen LogP contribution < -0.4 is 15.6 Å². The summed E-state index contributed by atoms with van der Waals surface area (Å²) in [5, 5.41) is 12.3. The van der Waals surface area contributed by atoms with E-state index < -0.39 is 0 Å². The number of amides is 1. The van der Waals surface area contributed by atoms with Crippen molar-refractivity contribution in [2.75, 3.05) is 18.9 Å². The fourth-order valence-electron chi connectivity index (χ4n) is 3.69. The van der Waals surface area contributed by atoms with Gasteiger partial charge in [0.2, 0.25) is 5.91 Å². The van der Waals surface area contributed by atoms with E-state index in [-0.39, 0.29) is 23.8 Å². The third kappa shape index (κ3) is 4.45. The highest BCUT2D eigenvalue weighted by molar-refractivity contribution is 7.99. The monoisotopic (exact) mass is 454 g/mol. The van der Waals surface area contributed by atoms with Crippen molar-refractivity contribution >= 4 is 39.2 Å². The first-order chi connectivity index (χ1) is 15.1. The van der Waals surface area contributed by atoms with Gasteiger partial charge in [0.15, 0.2) is 5.16 Å². The average molecular weight is 455 g/mol. The minimum absolute atomic E-state index is 0.0464. The number of nitrogens with one attached hydrogen (secondary N) is 1. The zero-order valence-corrected chi connectivity index (χ0v) is 18.8. The van der Waals surface area contributed by atoms with E-state index in [0.717, 1.165) is 41.8 Å². The first kappa shape index (κ1) is 21.4. The van der Waals surface area contributed by atoms with Crippen molar-refractivity contribution < 1.29 is 9.53 Å². The number of rotatable bonds is 7. The van der Waals surface area contributed by atoms with Crippen LogP contribution in [0, 0.1) is 11.3 Å². The number of carbonyl (C=O) groups excluding carboxylic acids is 1. The lowest BCUT2D eigenvalue weighted by molar-refractivity contribution is -0.118. The molecular weight excluding hydrogens is 432 g/mol. The third-order valence-corrected chi connectivity index (χ3v) is 7.19. The zero-order valence-electron chi connectivity index (χ0n) is 17.1. The molecule has 3 aromatic rings. The Bertz CT molecular complexity index is 1210. The molecule has 1 aromatic carbocycles. The SMILES string of the molecule is CCOc1ccc(-n2c(SCC(=O)NCC#N)nc3sc4c(c3c2=O)CCCC4)cc1. The van der Waals surface area contributed by atoms with Gasteiger partial charge in [-0.25, -0.2) is 4.98 Å². The number of fused-ring (bicyclic) bond motifs is 3. The van der Waals surface area contributed by atoms with Gasteiger partial charge in [0.1, 0.15) is 17.1 Å². The van der Waals surface area contributed by atoms with Gasteiger partial charge in [-0.1, -0.05) is 11.8 Å². The molecule has 0 fully saturated rings. The van der Waals surface area contributed by atoms with E-state index in [4.69, 9.17) is 15.0 Å². The van der Waals surface area contributed by atoms with E-state index in [1.54, 1.807) is 15.9 Å². The molecule has 0 bridgehead atoms. The second-order valence-corrected chi connectivity index (χ2v) is 9.10. The van der Waals surface area contributed by atoms with Crippen LogP contribution >= 0.6 is 23.1 Å². The number of nitrogens with zero attached hydrogens (tertiary/aromatic N) is 3. The molecule has 0 radical (unpaired) electrons. The standard InChI is InChI=1S/C22H22N4O3S2/c1-2-29-15-9-7-14(8-10-15)26-21(28)19-16-5-3-4-6-17(16)31-20(19)25-22(26)30-13-18(27)24-12-11-23/h7-10H,2-6,12-13H2,1H3,(H,24,27). The minimum Gasteiger partial charge on any atom is -0.494 e. The topological polar surface area (TPSA) is 97.0 Å². The molecule has 0 spiro atoms. The Balaban J connectivity index is 1.80. The molecule has 7 nitrogen and oxygen atoms in total. The molecule has 4 rings (SSSR count). The van der Waals surface area contributed by atoms with E-state index in [1.165, 1.54) is 16.6 Å². The summed E-state index contributed by atoms with van der Waals surface area (Å²) in [7, 11) is 0. The molecule has 0 atom stereocenters. The molecule has 0 aliphatic heterocycles. The van der Waals surface area contributed by atoms with Crippen LogP contribution in [0.25, 0.3) is 15.9 Å². The summed E-state index contributed by atoms with van der Waals surface area (Å²) in [5.74, 6) is 0.526. The molecule has 2 aromatic heterocycles. The van der Waals surface area contributed by atoms with Crippen LogP contribution in [0.4, 0.5) is 0 Å². The predicted octanol–water partition coefficient (Wildman–Crippen LogP) is 3.46. The molecule has 0 saturated carbocycles. The summed E-state index contributed by atoms with van der Waals surface area (Å²) in [6.07, 6.45) is 4.10. The van der Waals surface area contributed by atoms with Gasteiger partial charge in [0.05, 0.1) is 29.5 Å². The summed E-state index contributed by atoms with van der Waals surface area (Å²) in [5.41, 5.74) is 1.71. The van der Waals surface area contributed by atoms with Crippen LogP contribution in [0.3, 0.4) is 0 Å². The highest BCUT2D eigenvalue weighted by atomic mass is 32.2. The van der Waals surface area contributed by atoms with Crippen LogP contribution in [0.15, 0.2) is 34.2 Å². The van der Waals surface area contributed by atoms with Crippen molar-refractivity contribution in [3.05, 3.63) is 45.1 Å². The van der Waals surface area contributed by atoms with E-state index in [1.807, 2.05) is 37.3 Å². The Kier molecular flexibility index (Phi) is 6.59. The highest BCUT2D eigenvalue weighted by Gasteiger charge is 2.23. The molecular formula is C22H22N4O3S2. The van der Waals surface area contributed by atoms with E-state index in [2.05, 4.69) is 5.32 Å². The summed E-state index contributed by atoms with van der Waals surface area (Å²) in [6, 6.07) is 9.20. The van der Waals surface area contributed by atoms with Gasteiger partial charge in [0, 0.05) is 4.88 Å². The smallest absolute Gasteiger partial charge is 0.267 e. The Morgan fingerprint density at radius 3 is 2.84 bits per heavy atom. The molecule has 2 heterocycles. The molecule has 0 saturated heterocycles. The molecule has 0 unspecified atom stereocenters. The van der Waals surface area contributed by atoms with Crippen molar-refractivity contribution in [2.24, 2.45) is 0 Å². The third-order valence-electron chi connectivity index (χ3n) is 5.06. The predicted molar refractivity (Wildman–Crippen MR) is 122 cm³/mol. The maximum atomic E-state index is 13.7. The Hall–Kier alpha value is -2.83. The highest BCUT2D eigenvalue weighted by Crippen LogP contribution is 2.35. The molecule has 1 aliphatic rings. The lowest BCUT2D eigenvalue weighted by Gasteiger charge is -2.14. The molecule has 1 aliphatic carbocycles. The quantitative estimate of drug-likeness (QED) is 0.334. The first-order valence-electron chi connectivity index (χ1n) is 10.2. The summed E-state index contributed by atoms with van der Waals surface area (Å²) in [6.45, 7) is 2.43. The van der Waals surface area contributed by atoms with E-state index in [0.29, 0.717) is 22.8 Å². The molecule has 9 heteroatoms. The van der Waals surface area contributed by atoms with E-state index >= 15 is 0 Å². The number of nitriles is 1. The summed E-state index contributed by atoms with van der Waals surface area (Å²) in [4.78, 5) is 32.5. The van der Waals surface area contributed by atoms with Crippen molar-refractivity contribution in [3.8, 4) is 17.5 Å². The van der Waals surface area contributed by atoms with Gasteiger partial charge in [-0.2, -0.15) is 5.26 Å². The second kappa shape index (κ2) is 9.54. The number of benzene rings is 1. The van der Waals surface area contributed by atoms with E-state index in [9.17, 15) is 9.59 Å². The molecule has 160 valence electrons. The second-order valence-electron chi connectivity index (χ2n) is 7.08. The number of hydrogen-bond donors (Lipinski definition) is 1. The molecule has 1 amide bonds. The van der Waals surface area contributed by atoms with Crippen molar-refractivity contribution in [3.63, 3.8) is 0 Å². The number of thioether (sulfide) groups is 1. The minimum atomic E-state index is -0.274. The van der Waals surface area contributed by atoms with Crippen LogP contribution in [0.5, 0.6) is 5.75 Å². The van der Waals surface area contributed by atoms with Crippen molar-refractivity contribution in [1.29, 1.82) is 5.26 Å². The number of thiophene rings is 1. The first-order valence-corrected chi connectivity index (χ1v) is 12.0. The largest absolute Gasteiger partial charge is 0.494 e. The fraction of sp³-hybridized carbons (Fsp3) is 0.364. The average Bonchev–Trinajstić information content (AvgIpc) is 3.16. The number of aromatic nitrogens is 2. The Labute approximate surface area is 188 Å². The van der Waals surface area contributed by atoms with Crippen LogP contribution in [-0.4, -0.2) is 34.4 Å². The normalized spacial score (nSPS) is 12.9. The fourth-order valence-corrected chi connectivity index (χ4v) is 5.83. The lowest BCUT2D eigenvalue weighted by Crippen LogP contribution is -2.26. The lowest BCUT2D eigenvalue weighted by atomic mass is 9.97. The maximum Gasteiger partial charge on any atom is 0.267 e. The van der Waals surface area contributed by atoms with Gasteiger partial charge in [0.25, 0.3) is 5.56 Å². The van der Waals surface area contributed by atoms with Gasteiger partial charge >= 0.3 is 0 Å². The Morgan fingerprint density at radius 1 is 1.32 bits per heavy atom. The molecule has 1 N–H and O–H groups in total. The van der Waals surface area contributed by atoms with Gasteiger partial charge in [-0.05, 0) is 62.4 Å². The van der Waals surface area contributed by atoms with Crippen molar-refractivity contribution in [2.45, 2.75) is 37.8 Å². The maximum absolute atomic E-state index is 13.7. The number of ether oxygens (including phenoxy) is 1. The summed E-state index contributed by atoms with van der Waals surface area (Å²) < 4.78 is 7.11. The van der Waals surface area contributed by atoms with Gasteiger partial charge in [-0.3, -0.25) is 14.2 Å². The number of hydrogen-bond acceptors (Lipinski definition) is 7.